The maximum Gasteiger partial charge on any atom is 0.211 e. The second kappa shape index (κ2) is 6.29. The first-order chi connectivity index (χ1) is 12.3. The lowest BCUT2D eigenvalue weighted by Crippen LogP contribution is -2.14. The van der Waals surface area contributed by atoms with E-state index in [4.69, 9.17) is 4.74 Å². The number of Topliss-reactive ketones (excluding diaryl/α,β-unsaturated/α-hetero) is 1. The van der Waals surface area contributed by atoms with Crippen molar-refractivity contribution in [3.63, 3.8) is 0 Å². The highest BCUT2D eigenvalue weighted by atomic mass is 16.5. The van der Waals surface area contributed by atoms with Gasteiger partial charge >= 0.3 is 0 Å². The minimum Gasteiger partial charge on any atom is -0.497 e. The van der Waals surface area contributed by atoms with Crippen LogP contribution in [0.2, 0.25) is 0 Å². The second-order valence-corrected chi connectivity index (χ2v) is 5.82. The summed E-state index contributed by atoms with van der Waals surface area (Å²) in [4.78, 5) is 15.0. The van der Waals surface area contributed by atoms with E-state index in [2.05, 4.69) is 0 Å². The number of carbonyl (C=O) groups is 1. The van der Waals surface area contributed by atoms with E-state index in [-0.39, 0.29) is 5.78 Å². The van der Waals surface area contributed by atoms with Gasteiger partial charge in [0.2, 0.25) is 5.78 Å². The molecule has 25 heavy (non-hydrogen) atoms. The van der Waals surface area contributed by atoms with Crippen LogP contribution in [0.1, 0.15) is 15.9 Å². The van der Waals surface area contributed by atoms with Gasteiger partial charge in [-0.2, -0.15) is 0 Å². The summed E-state index contributed by atoms with van der Waals surface area (Å²) in [7, 11) is 1.64. The van der Waals surface area contributed by atoms with Crippen molar-refractivity contribution >= 4 is 23.2 Å². The number of nitrogens with zero attached hydrogens (tertiary/aromatic N) is 1. The zero-order valence-corrected chi connectivity index (χ0v) is 13.8. The Morgan fingerprint density at radius 3 is 2.24 bits per heavy atom. The van der Waals surface area contributed by atoms with Gasteiger partial charge in [0.15, 0.2) is 0 Å². The van der Waals surface area contributed by atoms with E-state index in [0.29, 0.717) is 5.70 Å². The number of fused-ring (bicyclic) bond motifs is 1. The number of hydrogen-bond donors (Lipinski definition) is 0. The second-order valence-electron chi connectivity index (χ2n) is 5.82. The molecule has 0 saturated carbocycles. The molecule has 0 N–H and O–H groups in total. The van der Waals surface area contributed by atoms with Gasteiger partial charge in [0.05, 0.1) is 18.5 Å². The van der Waals surface area contributed by atoms with Crippen LogP contribution in [0, 0.1) is 0 Å². The Labute approximate surface area is 146 Å². The smallest absolute Gasteiger partial charge is 0.211 e. The molecule has 0 aliphatic carbocycles. The Morgan fingerprint density at radius 2 is 1.52 bits per heavy atom. The number of allylic oxidation sites excluding steroid dienone is 1. The van der Waals surface area contributed by atoms with Crippen LogP contribution < -0.4 is 9.64 Å². The number of carbonyl (C=O) groups excluding carboxylic acids is 1. The minimum absolute atomic E-state index is 0.0373. The molecule has 4 rings (SSSR count). The van der Waals surface area contributed by atoms with E-state index < -0.39 is 0 Å². The van der Waals surface area contributed by atoms with Crippen molar-refractivity contribution < 1.29 is 9.53 Å². The molecule has 3 heteroatoms. The molecule has 0 amide bonds. The van der Waals surface area contributed by atoms with E-state index in [0.717, 1.165) is 28.3 Å². The summed E-state index contributed by atoms with van der Waals surface area (Å²) in [6.07, 6.45) is 1.93. The topological polar surface area (TPSA) is 29.5 Å². The highest BCUT2D eigenvalue weighted by Crippen LogP contribution is 2.40. The number of anilines is 2. The molecule has 122 valence electrons. The van der Waals surface area contributed by atoms with Crippen molar-refractivity contribution in [2.75, 3.05) is 12.0 Å². The van der Waals surface area contributed by atoms with Gasteiger partial charge in [0.25, 0.3) is 0 Å². The van der Waals surface area contributed by atoms with Gasteiger partial charge in [0, 0.05) is 11.3 Å². The molecular weight excluding hydrogens is 310 g/mol. The fourth-order valence-electron chi connectivity index (χ4n) is 3.07. The summed E-state index contributed by atoms with van der Waals surface area (Å²) in [5.41, 5.74) is 4.22. The molecule has 1 heterocycles. The molecule has 0 unspecified atom stereocenters. The molecule has 0 radical (unpaired) electrons. The monoisotopic (exact) mass is 327 g/mol. The molecule has 3 aromatic rings. The summed E-state index contributed by atoms with van der Waals surface area (Å²) < 4.78 is 5.20. The maximum absolute atomic E-state index is 13.0. The third-order valence-electron chi connectivity index (χ3n) is 4.30. The van der Waals surface area contributed by atoms with E-state index in [1.807, 2.05) is 89.8 Å². The average molecular weight is 327 g/mol. The largest absolute Gasteiger partial charge is 0.497 e. The third-order valence-corrected chi connectivity index (χ3v) is 4.30. The lowest BCUT2D eigenvalue weighted by molar-refractivity contribution is 0.104. The van der Waals surface area contributed by atoms with Crippen LogP contribution in [0.15, 0.2) is 84.6 Å². The Hall–Kier alpha value is -3.33. The van der Waals surface area contributed by atoms with Crippen LogP contribution in [0.4, 0.5) is 11.4 Å². The van der Waals surface area contributed by atoms with Crippen molar-refractivity contribution in [2.24, 2.45) is 0 Å². The molecule has 0 aromatic heterocycles. The summed E-state index contributed by atoms with van der Waals surface area (Å²) in [6.45, 7) is 0. The number of benzene rings is 3. The van der Waals surface area contributed by atoms with Crippen LogP contribution in [0.5, 0.6) is 5.75 Å². The molecule has 3 aromatic carbocycles. The van der Waals surface area contributed by atoms with E-state index in [1.54, 1.807) is 7.11 Å². The maximum atomic E-state index is 13.0. The normalized spacial score (nSPS) is 14.7. The number of rotatable bonds is 3. The molecule has 0 atom stereocenters. The van der Waals surface area contributed by atoms with E-state index in [1.165, 1.54) is 0 Å². The Balaban J connectivity index is 1.84. The molecule has 0 bridgehead atoms. The van der Waals surface area contributed by atoms with Crippen molar-refractivity contribution in [3.8, 4) is 5.75 Å². The highest BCUT2D eigenvalue weighted by Gasteiger charge is 2.32. The Bertz CT molecular complexity index is 943. The minimum atomic E-state index is 0.0373. The fourth-order valence-corrected chi connectivity index (χ4v) is 3.07. The molecule has 0 saturated heterocycles. The lowest BCUT2D eigenvalue weighted by atomic mass is 10.1. The zero-order chi connectivity index (χ0) is 17.2. The van der Waals surface area contributed by atoms with Gasteiger partial charge in [-0.15, -0.1) is 0 Å². The van der Waals surface area contributed by atoms with Crippen LogP contribution in [0.25, 0.3) is 6.08 Å². The molecule has 0 fully saturated rings. The average Bonchev–Trinajstić information content (AvgIpc) is 2.95. The summed E-state index contributed by atoms with van der Waals surface area (Å²) >= 11 is 0. The van der Waals surface area contributed by atoms with E-state index >= 15 is 0 Å². The number of methoxy groups -OCH3 is 1. The molecular formula is C22H17NO2. The van der Waals surface area contributed by atoms with Crippen molar-refractivity contribution in [3.05, 3.63) is 95.7 Å². The quantitative estimate of drug-likeness (QED) is 0.629. The van der Waals surface area contributed by atoms with Crippen LogP contribution in [0.3, 0.4) is 0 Å². The highest BCUT2D eigenvalue weighted by molar-refractivity contribution is 6.22. The first kappa shape index (κ1) is 15.2. The lowest BCUT2D eigenvalue weighted by Gasteiger charge is -2.20. The standard InChI is InChI=1S/C22H17NO2/c1-25-18-13-11-16(12-14-18)15-21-22(24)19-9-5-6-10-20(19)23(21)17-7-3-2-4-8-17/h2-15H,1H3. The molecule has 1 aliphatic heterocycles. The van der Waals surface area contributed by atoms with E-state index in [9.17, 15) is 4.79 Å². The number of para-hydroxylation sites is 2. The van der Waals surface area contributed by atoms with Crippen molar-refractivity contribution in [1.82, 2.24) is 0 Å². The number of ketones is 1. The van der Waals surface area contributed by atoms with Gasteiger partial charge in [-0.05, 0) is 48.0 Å². The van der Waals surface area contributed by atoms with Gasteiger partial charge in [-0.3, -0.25) is 4.79 Å². The summed E-state index contributed by atoms with van der Waals surface area (Å²) in [5, 5.41) is 0. The van der Waals surface area contributed by atoms with Crippen molar-refractivity contribution in [1.29, 1.82) is 0 Å². The predicted octanol–water partition coefficient (Wildman–Crippen LogP) is 5.07. The first-order valence-electron chi connectivity index (χ1n) is 8.12. The summed E-state index contributed by atoms with van der Waals surface area (Å²) in [6, 6.07) is 25.4. The molecule has 0 spiro atoms. The van der Waals surface area contributed by atoms with Crippen LogP contribution in [-0.4, -0.2) is 12.9 Å². The Morgan fingerprint density at radius 1 is 0.840 bits per heavy atom. The SMILES string of the molecule is COc1ccc(C=C2C(=O)c3ccccc3N2c2ccccc2)cc1. The first-order valence-corrected chi connectivity index (χ1v) is 8.12. The zero-order valence-electron chi connectivity index (χ0n) is 13.8. The summed E-state index contributed by atoms with van der Waals surface area (Å²) in [5.74, 6) is 0.832. The van der Waals surface area contributed by atoms with Crippen LogP contribution >= 0.6 is 0 Å². The van der Waals surface area contributed by atoms with Gasteiger partial charge in [-0.25, -0.2) is 0 Å². The van der Waals surface area contributed by atoms with Crippen molar-refractivity contribution in [2.45, 2.75) is 0 Å². The van der Waals surface area contributed by atoms with Gasteiger partial charge < -0.3 is 9.64 Å². The predicted molar refractivity (Wildman–Crippen MR) is 100 cm³/mol. The number of hydrogen-bond acceptors (Lipinski definition) is 3. The van der Waals surface area contributed by atoms with Crippen LogP contribution in [-0.2, 0) is 0 Å². The third kappa shape index (κ3) is 2.70. The van der Waals surface area contributed by atoms with Gasteiger partial charge in [-0.1, -0.05) is 42.5 Å². The number of ether oxygens (including phenoxy) is 1. The molecule has 1 aliphatic rings. The molecule has 3 nitrogen and oxygen atoms in total. The van der Waals surface area contributed by atoms with Gasteiger partial charge in [0.1, 0.15) is 5.75 Å². The Kier molecular flexibility index (Phi) is 3.82. The fraction of sp³-hybridized carbons (Fsp3) is 0.0455.